The third-order valence-electron chi connectivity index (χ3n) is 9.48. The van der Waals surface area contributed by atoms with Crippen LogP contribution in [-0.2, 0) is 9.47 Å². The van der Waals surface area contributed by atoms with E-state index in [2.05, 4.69) is 131 Å². The number of rotatable bonds is 9. The first-order chi connectivity index (χ1) is 19.1. The van der Waals surface area contributed by atoms with E-state index in [4.69, 9.17) is 9.47 Å². The molecule has 1 fully saturated rings. The van der Waals surface area contributed by atoms with Gasteiger partial charge in [0.15, 0.2) is 6.29 Å². The lowest BCUT2D eigenvalue weighted by molar-refractivity contribution is -0.0748. The van der Waals surface area contributed by atoms with Crippen molar-refractivity contribution in [1.82, 2.24) is 0 Å². The molecule has 2 rings (SSSR count). The summed E-state index contributed by atoms with van der Waals surface area (Å²) in [5.74, 6) is 7.40. The summed E-state index contributed by atoms with van der Waals surface area (Å²) in [6.07, 6.45) is 2.99. The Morgan fingerprint density at radius 2 is 0.927 bits per heavy atom. The van der Waals surface area contributed by atoms with E-state index >= 15 is 0 Å². The molecule has 0 amide bonds. The quantitative estimate of drug-likeness (QED) is 0.163. The Balaban J connectivity index is 3.08. The van der Waals surface area contributed by atoms with Crippen LogP contribution in [0.4, 0.5) is 0 Å². The molecule has 1 aromatic carbocycles. The molecule has 1 heterocycles. The van der Waals surface area contributed by atoms with Crippen molar-refractivity contribution >= 4 is 16.1 Å². The largest absolute Gasteiger partial charge is 0.320 e. The minimum atomic E-state index is -2.13. The zero-order valence-electron chi connectivity index (χ0n) is 27.8. The molecule has 0 unspecified atom stereocenters. The minimum absolute atomic E-state index is 0.463. The average Bonchev–Trinajstić information content (AvgIpc) is 3.18. The molecule has 4 heteroatoms. The molecule has 0 bridgehead atoms. The molecular formula is C37H54O2Si2. The van der Waals surface area contributed by atoms with Crippen molar-refractivity contribution in [2.24, 2.45) is 0 Å². The molecule has 1 aliphatic heterocycles. The van der Waals surface area contributed by atoms with E-state index in [9.17, 15) is 0 Å². The Hall–Kier alpha value is -2.27. The van der Waals surface area contributed by atoms with Gasteiger partial charge in [-0.15, -0.1) is 22.5 Å². The van der Waals surface area contributed by atoms with Crippen LogP contribution in [-0.4, -0.2) is 27.3 Å². The summed E-state index contributed by atoms with van der Waals surface area (Å²) in [6, 6.07) is 10.0. The van der Waals surface area contributed by atoms with Gasteiger partial charge in [0, 0.05) is 17.7 Å². The van der Waals surface area contributed by atoms with E-state index < -0.39 is 33.6 Å². The van der Waals surface area contributed by atoms with Crippen LogP contribution < -0.4 is 0 Å². The molecular weight excluding hydrogens is 533 g/mol. The molecule has 0 N–H and O–H groups in total. The number of ether oxygens (including phenoxy) is 2. The summed E-state index contributed by atoms with van der Waals surface area (Å²) < 4.78 is 13.8. The molecule has 2 nitrogen and oxygen atoms in total. The molecule has 222 valence electrons. The van der Waals surface area contributed by atoms with E-state index in [0.29, 0.717) is 33.2 Å². The van der Waals surface area contributed by atoms with Gasteiger partial charge in [-0.05, 0) is 33.2 Å². The third kappa shape index (κ3) is 6.40. The van der Waals surface area contributed by atoms with E-state index in [1.165, 1.54) is 0 Å². The molecule has 0 radical (unpaired) electrons. The first-order valence-corrected chi connectivity index (χ1v) is 19.8. The van der Waals surface area contributed by atoms with Crippen LogP contribution in [0.2, 0.25) is 33.2 Å². The first kappa shape index (κ1) is 34.9. The first-order valence-electron chi connectivity index (χ1n) is 15.4. The fourth-order valence-electron chi connectivity index (χ4n) is 7.44. The van der Waals surface area contributed by atoms with Gasteiger partial charge in [-0.3, -0.25) is 0 Å². The van der Waals surface area contributed by atoms with Gasteiger partial charge in [-0.2, -0.15) is 0 Å². The Kier molecular flexibility index (Phi) is 11.8. The molecule has 41 heavy (non-hydrogen) atoms. The molecule has 0 saturated carbocycles. The Morgan fingerprint density at radius 3 is 1.20 bits per heavy atom. The van der Waals surface area contributed by atoms with Gasteiger partial charge >= 0.3 is 0 Å². The predicted molar refractivity (Wildman–Crippen MR) is 182 cm³/mol. The van der Waals surface area contributed by atoms with Crippen molar-refractivity contribution in [3.05, 3.63) is 72.7 Å². The SMILES string of the molecule is C=C=C[C@]1(C#C[Si](C(C)C)(C(C)C)C(C)C)OC(c2ccccc2)O[C@@]1(C#C[Si](C(C)C)(C(C)C)C(C)C)C=C=C. The molecule has 1 aliphatic rings. The van der Waals surface area contributed by atoms with Crippen LogP contribution >= 0.6 is 0 Å². The molecule has 1 aromatic rings. The van der Waals surface area contributed by atoms with Crippen molar-refractivity contribution in [3.63, 3.8) is 0 Å². The van der Waals surface area contributed by atoms with Crippen LogP contribution in [0.15, 0.2) is 67.1 Å². The van der Waals surface area contributed by atoms with Gasteiger partial charge in [0.05, 0.1) is 0 Å². The van der Waals surface area contributed by atoms with Crippen molar-refractivity contribution in [2.45, 2.75) is 134 Å². The van der Waals surface area contributed by atoms with Gasteiger partial charge in [0.25, 0.3) is 0 Å². The summed E-state index contributed by atoms with van der Waals surface area (Å²) >= 11 is 0. The van der Waals surface area contributed by atoms with Crippen molar-refractivity contribution in [2.75, 3.05) is 0 Å². The number of benzene rings is 1. The minimum Gasteiger partial charge on any atom is -0.320 e. The normalized spacial score (nSPS) is 22.8. The highest BCUT2D eigenvalue weighted by Crippen LogP contribution is 2.49. The second-order valence-corrected chi connectivity index (χ2v) is 24.6. The molecule has 0 aromatic heterocycles. The highest BCUT2D eigenvalue weighted by molar-refractivity contribution is 6.91. The lowest BCUT2D eigenvalue weighted by Crippen LogP contribution is -2.50. The van der Waals surface area contributed by atoms with Crippen LogP contribution in [0.3, 0.4) is 0 Å². The van der Waals surface area contributed by atoms with Gasteiger partial charge in [0.1, 0.15) is 16.1 Å². The Bertz CT molecular complexity index is 1130. The maximum atomic E-state index is 6.91. The maximum Gasteiger partial charge on any atom is 0.201 e. The monoisotopic (exact) mass is 586 g/mol. The van der Waals surface area contributed by atoms with Crippen molar-refractivity contribution in [1.29, 1.82) is 0 Å². The summed E-state index contributed by atoms with van der Waals surface area (Å²) in [5, 5.41) is 0. The van der Waals surface area contributed by atoms with E-state index in [0.717, 1.165) is 5.56 Å². The third-order valence-corrected chi connectivity index (χ3v) is 22.1. The average molecular weight is 587 g/mol. The number of hydrogen-bond acceptors (Lipinski definition) is 2. The summed E-state index contributed by atoms with van der Waals surface area (Å²) in [5.41, 5.74) is 15.1. The summed E-state index contributed by atoms with van der Waals surface area (Å²) in [4.78, 5) is 0. The van der Waals surface area contributed by atoms with Gasteiger partial charge in [0.2, 0.25) is 11.2 Å². The second-order valence-electron chi connectivity index (χ2n) is 13.4. The van der Waals surface area contributed by atoms with Crippen LogP contribution in [0.25, 0.3) is 0 Å². The molecule has 1 saturated heterocycles. The summed E-state index contributed by atoms with van der Waals surface area (Å²) in [7, 11) is -4.25. The topological polar surface area (TPSA) is 18.5 Å². The standard InChI is InChI=1S/C37H54O2Si2/c1-15-22-36(24-26-40(28(3)4,29(5)6)30(7)8)37(23-16-2,39-35(38-36)34-20-18-17-19-21-34)25-27-41(31(9)10,32(11)12)33(13)14/h17-23,28-33,35H,1-2H2,3-14H3/t36-,37-/m1/s1. The number of hydrogen-bond donors (Lipinski definition) is 0. The van der Waals surface area contributed by atoms with Crippen LogP contribution in [0.1, 0.15) is 94.9 Å². The predicted octanol–water partition coefficient (Wildman–Crippen LogP) is 10.3. The fraction of sp³-hybridized carbons (Fsp3) is 0.568. The lowest BCUT2D eigenvalue weighted by atomic mass is 9.83. The fourth-order valence-corrected chi connectivity index (χ4v) is 18.0. The molecule has 2 atom stereocenters. The van der Waals surface area contributed by atoms with Gasteiger partial charge in [-0.25, -0.2) is 0 Å². The highest BCUT2D eigenvalue weighted by Gasteiger charge is 2.59. The summed E-state index contributed by atoms with van der Waals surface area (Å²) in [6.45, 7) is 35.8. The van der Waals surface area contributed by atoms with Gasteiger partial charge < -0.3 is 9.47 Å². The van der Waals surface area contributed by atoms with Crippen molar-refractivity contribution in [3.8, 4) is 22.9 Å². The maximum absolute atomic E-state index is 6.91. The van der Waals surface area contributed by atoms with Crippen LogP contribution in [0, 0.1) is 22.9 Å². The Labute approximate surface area is 254 Å². The van der Waals surface area contributed by atoms with E-state index in [-0.39, 0.29) is 0 Å². The molecule has 0 spiro atoms. The second kappa shape index (κ2) is 13.8. The zero-order valence-corrected chi connectivity index (χ0v) is 29.8. The van der Waals surface area contributed by atoms with E-state index in [1.54, 1.807) is 0 Å². The highest BCUT2D eigenvalue weighted by atomic mass is 28.3. The van der Waals surface area contributed by atoms with E-state index in [1.807, 2.05) is 42.5 Å². The van der Waals surface area contributed by atoms with Gasteiger partial charge in [-0.1, -0.05) is 138 Å². The lowest BCUT2D eigenvalue weighted by Gasteiger charge is -2.39. The Morgan fingerprint density at radius 1 is 0.610 bits per heavy atom. The smallest absolute Gasteiger partial charge is 0.201 e. The molecule has 0 aliphatic carbocycles. The zero-order chi connectivity index (χ0) is 31.2. The van der Waals surface area contributed by atoms with Crippen LogP contribution in [0.5, 0.6) is 0 Å². The van der Waals surface area contributed by atoms with Crippen molar-refractivity contribution < 1.29 is 9.47 Å².